The van der Waals surface area contributed by atoms with E-state index in [-0.39, 0.29) is 16.5 Å². The van der Waals surface area contributed by atoms with Crippen molar-refractivity contribution in [3.63, 3.8) is 0 Å². The van der Waals surface area contributed by atoms with E-state index in [1.165, 1.54) is 19.2 Å². The van der Waals surface area contributed by atoms with Crippen LogP contribution >= 0.6 is 11.6 Å². The fourth-order valence-corrected chi connectivity index (χ4v) is 3.40. The third-order valence-corrected chi connectivity index (χ3v) is 4.96. The lowest BCUT2D eigenvalue weighted by atomic mass is 10.1. The van der Waals surface area contributed by atoms with Crippen molar-refractivity contribution in [2.75, 3.05) is 7.11 Å². The highest BCUT2D eigenvalue weighted by Crippen LogP contribution is 2.39. The highest BCUT2D eigenvalue weighted by molar-refractivity contribution is 6.33. The fourth-order valence-electron chi connectivity index (χ4n) is 3.17. The number of fused-ring (bicyclic) bond motifs is 1. The Morgan fingerprint density at radius 3 is 2.84 bits per heavy atom. The van der Waals surface area contributed by atoms with Crippen molar-refractivity contribution in [3.05, 3.63) is 74.7 Å². The number of halogens is 1. The van der Waals surface area contributed by atoms with Crippen molar-refractivity contribution in [1.82, 2.24) is 9.97 Å². The van der Waals surface area contributed by atoms with Gasteiger partial charge in [-0.25, -0.2) is 4.98 Å². The van der Waals surface area contributed by atoms with E-state index in [0.29, 0.717) is 28.5 Å². The number of hydrogen-bond donors (Lipinski definition) is 1. The van der Waals surface area contributed by atoms with Crippen LogP contribution in [0.1, 0.15) is 17.1 Å². The SMILES string of the molecule is COc1cc([N+](=O)[O-])c(Cl)cc1-c1ccc(C=C(C#N)c2nc3ccc(C)cc3[nH]2)o1. The first-order valence-corrected chi connectivity index (χ1v) is 9.48. The van der Waals surface area contributed by atoms with Gasteiger partial charge in [0, 0.05) is 6.08 Å². The summed E-state index contributed by atoms with van der Waals surface area (Å²) in [5, 5.41) is 20.7. The zero-order valence-corrected chi connectivity index (χ0v) is 17.2. The van der Waals surface area contributed by atoms with E-state index in [0.717, 1.165) is 16.6 Å². The van der Waals surface area contributed by atoms with Gasteiger partial charge in [0.2, 0.25) is 0 Å². The molecule has 0 radical (unpaired) electrons. The lowest BCUT2D eigenvalue weighted by molar-refractivity contribution is -0.384. The van der Waals surface area contributed by atoms with Crippen molar-refractivity contribution < 1.29 is 14.1 Å². The topological polar surface area (TPSA) is 118 Å². The number of benzene rings is 2. The molecule has 0 atom stereocenters. The number of nitro benzene ring substituents is 1. The Balaban J connectivity index is 1.72. The lowest BCUT2D eigenvalue weighted by Gasteiger charge is -2.07. The smallest absolute Gasteiger partial charge is 0.291 e. The van der Waals surface area contributed by atoms with Gasteiger partial charge in [0.25, 0.3) is 5.69 Å². The number of aromatic amines is 1. The van der Waals surface area contributed by atoms with Crippen LogP contribution in [0.25, 0.3) is 34.0 Å². The fraction of sp³-hybridized carbons (Fsp3) is 0.0909. The zero-order valence-electron chi connectivity index (χ0n) is 16.5. The monoisotopic (exact) mass is 434 g/mol. The number of hydrogen-bond acceptors (Lipinski definition) is 6. The normalized spacial score (nSPS) is 11.5. The van der Waals surface area contributed by atoms with Gasteiger partial charge in [-0.3, -0.25) is 10.1 Å². The second-order valence-electron chi connectivity index (χ2n) is 6.74. The maximum Gasteiger partial charge on any atom is 0.291 e. The highest BCUT2D eigenvalue weighted by atomic mass is 35.5. The second kappa shape index (κ2) is 7.97. The van der Waals surface area contributed by atoms with Gasteiger partial charge >= 0.3 is 0 Å². The molecule has 9 heteroatoms. The summed E-state index contributed by atoms with van der Waals surface area (Å²) in [5.74, 6) is 1.46. The number of aromatic nitrogens is 2. The van der Waals surface area contributed by atoms with E-state index >= 15 is 0 Å². The molecule has 31 heavy (non-hydrogen) atoms. The molecule has 4 rings (SSSR count). The Morgan fingerprint density at radius 2 is 2.13 bits per heavy atom. The summed E-state index contributed by atoms with van der Waals surface area (Å²) in [6.07, 6.45) is 1.56. The number of ether oxygens (including phenoxy) is 1. The predicted octanol–water partition coefficient (Wildman–Crippen LogP) is 5.77. The number of aryl methyl sites for hydroxylation is 1. The number of rotatable bonds is 5. The molecule has 0 unspecified atom stereocenters. The quantitative estimate of drug-likeness (QED) is 0.242. The highest BCUT2D eigenvalue weighted by Gasteiger charge is 2.20. The van der Waals surface area contributed by atoms with E-state index in [1.54, 1.807) is 18.2 Å². The first-order chi connectivity index (χ1) is 14.9. The molecule has 0 aliphatic heterocycles. The zero-order chi connectivity index (χ0) is 22.1. The van der Waals surface area contributed by atoms with Crippen LogP contribution in [0, 0.1) is 28.4 Å². The summed E-state index contributed by atoms with van der Waals surface area (Å²) < 4.78 is 11.1. The van der Waals surface area contributed by atoms with Gasteiger partial charge in [-0.05, 0) is 42.8 Å². The third-order valence-electron chi connectivity index (χ3n) is 4.66. The number of nitrogens with zero attached hydrogens (tertiary/aromatic N) is 3. The number of nitriles is 1. The average Bonchev–Trinajstić information content (AvgIpc) is 3.38. The van der Waals surface area contributed by atoms with Crippen LogP contribution in [-0.2, 0) is 0 Å². The molecule has 0 aliphatic rings. The Kier molecular flexibility index (Phi) is 5.19. The van der Waals surface area contributed by atoms with Crippen LogP contribution < -0.4 is 4.74 Å². The standard InChI is InChI=1S/C22H15ClN4O4/c1-12-3-5-17-18(7-12)26-22(25-17)13(11-24)8-14-4-6-20(31-14)15-9-16(23)19(27(28)29)10-21(15)30-2/h3-10H,1-2H3,(H,25,26). The number of furan rings is 1. The van der Waals surface area contributed by atoms with Crippen LogP contribution in [0.3, 0.4) is 0 Å². The molecular weight excluding hydrogens is 420 g/mol. The first kappa shape index (κ1) is 20.2. The Hall–Kier alpha value is -4.09. The summed E-state index contributed by atoms with van der Waals surface area (Å²) in [4.78, 5) is 18.1. The molecular formula is C22H15ClN4O4. The van der Waals surface area contributed by atoms with Crippen LogP contribution in [0.15, 0.2) is 46.9 Å². The Bertz CT molecular complexity index is 1390. The number of nitrogens with one attached hydrogen (secondary N) is 1. The molecule has 0 bridgehead atoms. The van der Waals surface area contributed by atoms with Crippen molar-refractivity contribution in [2.45, 2.75) is 6.92 Å². The maximum atomic E-state index is 11.1. The van der Waals surface area contributed by atoms with Crippen LogP contribution in [0.2, 0.25) is 5.02 Å². The second-order valence-corrected chi connectivity index (χ2v) is 7.15. The number of H-pyrrole nitrogens is 1. The predicted molar refractivity (Wildman–Crippen MR) is 117 cm³/mol. The van der Waals surface area contributed by atoms with Gasteiger partial charge in [-0.2, -0.15) is 5.26 Å². The molecule has 0 saturated heterocycles. The van der Waals surface area contributed by atoms with Gasteiger partial charge in [0.15, 0.2) is 0 Å². The van der Waals surface area contributed by atoms with Crippen molar-refractivity contribution in [2.24, 2.45) is 0 Å². The molecule has 2 aromatic carbocycles. The average molecular weight is 435 g/mol. The van der Waals surface area contributed by atoms with E-state index in [1.807, 2.05) is 25.1 Å². The molecule has 0 saturated carbocycles. The summed E-state index contributed by atoms with van der Waals surface area (Å²) in [6.45, 7) is 1.98. The third kappa shape index (κ3) is 3.86. The van der Waals surface area contributed by atoms with Crippen molar-refractivity contribution in [1.29, 1.82) is 5.26 Å². The minimum absolute atomic E-state index is 0.0374. The van der Waals surface area contributed by atoms with Gasteiger partial charge in [-0.15, -0.1) is 0 Å². The molecule has 154 valence electrons. The largest absolute Gasteiger partial charge is 0.496 e. The number of imidazole rings is 1. The van der Waals surface area contributed by atoms with Gasteiger partial charge < -0.3 is 14.1 Å². The summed E-state index contributed by atoms with van der Waals surface area (Å²) in [7, 11) is 1.40. The van der Waals surface area contributed by atoms with E-state index < -0.39 is 4.92 Å². The molecule has 0 aliphatic carbocycles. The first-order valence-electron chi connectivity index (χ1n) is 9.10. The van der Waals surface area contributed by atoms with Crippen LogP contribution in [-0.4, -0.2) is 22.0 Å². The minimum Gasteiger partial charge on any atom is -0.496 e. The summed E-state index contributed by atoms with van der Waals surface area (Å²) in [5.41, 5.74) is 3.16. The molecule has 2 aromatic heterocycles. The summed E-state index contributed by atoms with van der Waals surface area (Å²) >= 11 is 6.04. The van der Waals surface area contributed by atoms with Gasteiger partial charge in [0.05, 0.1) is 40.3 Å². The molecule has 2 heterocycles. The van der Waals surface area contributed by atoms with Gasteiger partial charge in [0.1, 0.15) is 34.2 Å². The lowest BCUT2D eigenvalue weighted by Crippen LogP contribution is -1.93. The van der Waals surface area contributed by atoms with E-state index in [2.05, 4.69) is 16.0 Å². The molecule has 0 fully saturated rings. The Labute approximate surface area is 181 Å². The van der Waals surface area contributed by atoms with Crippen LogP contribution in [0.4, 0.5) is 5.69 Å². The minimum atomic E-state index is -0.584. The van der Waals surface area contributed by atoms with Crippen LogP contribution in [0.5, 0.6) is 5.75 Å². The van der Waals surface area contributed by atoms with Crippen molar-refractivity contribution in [3.8, 4) is 23.1 Å². The molecule has 0 spiro atoms. The number of nitro groups is 1. The molecule has 0 amide bonds. The number of allylic oxidation sites excluding steroid dienone is 1. The molecule has 1 N–H and O–H groups in total. The Morgan fingerprint density at radius 1 is 1.32 bits per heavy atom. The maximum absolute atomic E-state index is 11.1. The van der Waals surface area contributed by atoms with Crippen molar-refractivity contribution >= 4 is 40.0 Å². The van der Waals surface area contributed by atoms with E-state index in [9.17, 15) is 15.4 Å². The summed E-state index contributed by atoms with van der Waals surface area (Å²) in [6, 6.07) is 13.9. The van der Waals surface area contributed by atoms with Gasteiger partial charge in [-0.1, -0.05) is 17.7 Å². The van der Waals surface area contributed by atoms with E-state index in [4.69, 9.17) is 20.8 Å². The molecule has 8 nitrogen and oxygen atoms in total. The number of methoxy groups -OCH3 is 1. The molecule has 4 aromatic rings.